The number of benzene rings is 2. The van der Waals surface area contributed by atoms with Gasteiger partial charge in [0.1, 0.15) is 18.2 Å². The highest BCUT2D eigenvalue weighted by molar-refractivity contribution is 6.05. The SMILES string of the molecule is C=CCOC(=O)[C@@H]1[C@@H]2CCC3(O2)C(C(=O)N(CC=C)c2cc(C)ccc2C)N([C@H](CO)c2ccccc2)C(=O)[C@H]13. The van der Waals surface area contributed by atoms with E-state index in [4.69, 9.17) is 9.47 Å². The van der Waals surface area contributed by atoms with Crippen LogP contribution in [-0.4, -0.2) is 65.3 Å². The summed E-state index contributed by atoms with van der Waals surface area (Å²) in [4.78, 5) is 45.5. The smallest absolute Gasteiger partial charge is 0.312 e. The molecule has 8 nitrogen and oxygen atoms in total. The van der Waals surface area contributed by atoms with E-state index in [1.54, 1.807) is 11.0 Å². The van der Waals surface area contributed by atoms with Crippen molar-refractivity contribution in [3.63, 3.8) is 0 Å². The maximum Gasteiger partial charge on any atom is 0.312 e. The van der Waals surface area contributed by atoms with Crippen LogP contribution in [0.1, 0.15) is 35.6 Å². The molecule has 0 aromatic heterocycles. The number of rotatable bonds is 10. The average Bonchev–Trinajstić information content (AvgIpc) is 3.60. The molecule has 2 amide bonds. The van der Waals surface area contributed by atoms with Crippen molar-refractivity contribution in [2.24, 2.45) is 11.8 Å². The zero-order valence-electron chi connectivity index (χ0n) is 23.0. The summed E-state index contributed by atoms with van der Waals surface area (Å²) in [6, 6.07) is 13.1. The molecule has 0 saturated carbocycles. The van der Waals surface area contributed by atoms with Gasteiger partial charge in [0.05, 0.1) is 30.6 Å². The number of aryl methyl sites for hydroxylation is 2. The molecule has 40 heavy (non-hydrogen) atoms. The van der Waals surface area contributed by atoms with Crippen LogP contribution in [-0.2, 0) is 23.9 Å². The Hall–Kier alpha value is -3.75. The van der Waals surface area contributed by atoms with Gasteiger partial charge >= 0.3 is 5.97 Å². The largest absolute Gasteiger partial charge is 0.461 e. The zero-order valence-corrected chi connectivity index (χ0v) is 23.0. The van der Waals surface area contributed by atoms with Gasteiger partial charge in [-0.25, -0.2) is 0 Å². The number of anilines is 1. The number of carbonyl (C=O) groups excluding carboxylic acids is 3. The van der Waals surface area contributed by atoms with Crippen molar-refractivity contribution in [2.75, 3.05) is 24.7 Å². The number of nitrogens with zero attached hydrogens (tertiary/aromatic N) is 2. The van der Waals surface area contributed by atoms with Gasteiger partial charge in [-0.1, -0.05) is 61.2 Å². The summed E-state index contributed by atoms with van der Waals surface area (Å²) in [5.41, 5.74) is 2.06. The zero-order chi connectivity index (χ0) is 28.6. The molecule has 3 aliphatic heterocycles. The van der Waals surface area contributed by atoms with Crippen LogP contribution >= 0.6 is 0 Å². The second-order valence-electron chi connectivity index (χ2n) is 10.9. The van der Waals surface area contributed by atoms with Crippen molar-refractivity contribution in [1.82, 2.24) is 4.90 Å². The highest BCUT2D eigenvalue weighted by Crippen LogP contribution is 2.60. The Balaban J connectivity index is 1.65. The average molecular weight is 545 g/mol. The van der Waals surface area contributed by atoms with Crippen molar-refractivity contribution in [3.8, 4) is 0 Å². The first-order chi connectivity index (χ1) is 19.3. The number of ether oxygens (including phenoxy) is 2. The normalized spacial score (nSPS) is 27.3. The number of hydrogen-bond acceptors (Lipinski definition) is 6. The van der Waals surface area contributed by atoms with Crippen LogP contribution in [0.5, 0.6) is 0 Å². The predicted molar refractivity (Wildman–Crippen MR) is 150 cm³/mol. The lowest BCUT2D eigenvalue weighted by Crippen LogP contribution is -2.57. The van der Waals surface area contributed by atoms with Crippen LogP contribution in [0.3, 0.4) is 0 Å². The summed E-state index contributed by atoms with van der Waals surface area (Å²) in [5, 5.41) is 10.6. The molecule has 0 radical (unpaired) electrons. The van der Waals surface area contributed by atoms with Gasteiger partial charge < -0.3 is 24.4 Å². The number of likely N-dealkylation sites (tertiary alicyclic amines) is 1. The summed E-state index contributed by atoms with van der Waals surface area (Å²) in [6.07, 6.45) is 3.56. The third-order valence-corrected chi connectivity index (χ3v) is 8.51. The fraction of sp³-hybridized carbons (Fsp3) is 0.406. The van der Waals surface area contributed by atoms with Crippen LogP contribution in [0.4, 0.5) is 5.69 Å². The van der Waals surface area contributed by atoms with E-state index in [2.05, 4.69) is 13.2 Å². The van der Waals surface area contributed by atoms with E-state index in [1.165, 1.54) is 11.0 Å². The first-order valence-electron chi connectivity index (χ1n) is 13.7. The van der Waals surface area contributed by atoms with Crippen LogP contribution < -0.4 is 4.90 Å². The van der Waals surface area contributed by atoms with E-state index in [0.29, 0.717) is 24.1 Å². The minimum atomic E-state index is -1.23. The van der Waals surface area contributed by atoms with E-state index in [1.807, 2.05) is 62.4 Å². The molecule has 210 valence electrons. The van der Waals surface area contributed by atoms with E-state index >= 15 is 0 Å². The summed E-state index contributed by atoms with van der Waals surface area (Å²) >= 11 is 0. The number of aliphatic hydroxyl groups is 1. The van der Waals surface area contributed by atoms with Crippen molar-refractivity contribution >= 4 is 23.5 Å². The molecule has 2 unspecified atom stereocenters. The lowest BCUT2D eigenvalue weighted by molar-refractivity contribution is -0.154. The second kappa shape index (κ2) is 11.0. The molecular formula is C32H36N2O6. The number of hydrogen-bond donors (Lipinski definition) is 1. The molecule has 1 spiro atoms. The van der Waals surface area contributed by atoms with Crippen molar-refractivity contribution in [2.45, 2.75) is 50.5 Å². The number of carbonyl (C=O) groups is 3. The standard InChI is InChI=1S/C32H36N2O6/c1-5-16-33(23-18-20(3)12-13-21(23)4)30(37)28-32-15-14-25(40-32)26(31(38)39-17-6-2)27(32)29(36)34(28)24(19-35)22-10-8-7-9-11-22/h5-13,18,24-28,35H,1-2,14-17,19H2,3-4H3/t24-,25+,26-,27+,28?,32?/m1/s1. The molecule has 5 rings (SSSR count). The summed E-state index contributed by atoms with van der Waals surface area (Å²) < 4.78 is 11.9. The fourth-order valence-electron chi connectivity index (χ4n) is 6.83. The Morgan fingerprint density at radius 3 is 2.62 bits per heavy atom. The quantitative estimate of drug-likeness (QED) is 0.362. The van der Waals surface area contributed by atoms with E-state index < -0.39 is 48.2 Å². The molecule has 8 heteroatoms. The molecule has 2 aromatic carbocycles. The van der Waals surface area contributed by atoms with Crippen LogP contribution in [0, 0.1) is 25.7 Å². The molecule has 3 saturated heterocycles. The summed E-state index contributed by atoms with van der Waals surface area (Å²) in [5.74, 6) is -3.00. The van der Waals surface area contributed by atoms with E-state index in [0.717, 1.165) is 11.1 Å². The minimum absolute atomic E-state index is 0.0189. The van der Waals surface area contributed by atoms with Gasteiger partial charge in [0, 0.05) is 12.2 Å². The molecule has 2 aromatic rings. The molecular weight excluding hydrogens is 508 g/mol. The number of esters is 1. The second-order valence-corrected chi connectivity index (χ2v) is 10.9. The van der Waals surface area contributed by atoms with Crippen molar-refractivity contribution < 1.29 is 29.0 Å². The Morgan fingerprint density at radius 1 is 1.20 bits per heavy atom. The third-order valence-electron chi connectivity index (χ3n) is 8.51. The van der Waals surface area contributed by atoms with Crippen molar-refractivity contribution in [1.29, 1.82) is 0 Å². The van der Waals surface area contributed by atoms with E-state index in [9.17, 15) is 19.5 Å². The Labute approximate surface area is 234 Å². The fourth-order valence-corrected chi connectivity index (χ4v) is 6.83. The summed E-state index contributed by atoms with van der Waals surface area (Å²) in [7, 11) is 0. The molecule has 3 fully saturated rings. The Bertz CT molecular complexity index is 1330. The Kier molecular flexibility index (Phi) is 7.66. The molecule has 3 heterocycles. The highest BCUT2D eigenvalue weighted by Gasteiger charge is 2.75. The van der Waals surface area contributed by atoms with Gasteiger partial charge in [-0.05, 0) is 49.4 Å². The van der Waals surface area contributed by atoms with Crippen LogP contribution in [0.2, 0.25) is 0 Å². The number of amides is 2. The third kappa shape index (κ3) is 4.35. The monoisotopic (exact) mass is 544 g/mol. The lowest BCUT2D eigenvalue weighted by atomic mass is 9.70. The Morgan fingerprint density at radius 2 is 1.95 bits per heavy atom. The van der Waals surface area contributed by atoms with Gasteiger partial charge in [0.2, 0.25) is 5.91 Å². The maximum atomic E-state index is 14.8. The summed E-state index contributed by atoms with van der Waals surface area (Å²) in [6.45, 7) is 11.2. The molecule has 1 N–H and O–H groups in total. The lowest BCUT2D eigenvalue weighted by Gasteiger charge is -2.39. The molecule has 3 aliphatic rings. The predicted octanol–water partition coefficient (Wildman–Crippen LogP) is 3.66. The highest BCUT2D eigenvalue weighted by atomic mass is 16.6. The first-order valence-corrected chi connectivity index (χ1v) is 13.7. The van der Waals surface area contributed by atoms with Gasteiger partial charge in [0.25, 0.3) is 5.91 Å². The van der Waals surface area contributed by atoms with Gasteiger partial charge in [-0.2, -0.15) is 0 Å². The van der Waals surface area contributed by atoms with Gasteiger partial charge in [0.15, 0.2) is 0 Å². The maximum absolute atomic E-state index is 14.8. The van der Waals surface area contributed by atoms with Gasteiger partial charge in [-0.15, -0.1) is 6.58 Å². The van der Waals surface area contributed by atoms with Crippen LogP contribution in [0.15, 0.2) is 73.8 Å². The molecule has 6 atom stereocenters. The topological polar surface area (TPSA) is 96.4 Å². The van der Waals surface area contributed by atoms with Gasteiger partial charge in [-0.3, -0.25) is 14.4 Å². The van der Waals surface area contributed by atoms with E-state index in [-0.39, 0.29) is 25.0 Å². The molecule has 2 bridgehead atoms. The first kappa shape index (κ1) is 27.8. The number of fused-ring (bicyclic) bond motifs is 1. The minimum Gasteiger partial charge on any atom is -0.461 e. The van der Waals surface area contributed by atoms with Crippen molar-refractivity contribution in [3.05, 3.63) is 90.5 Å². The van der Waals surface area contributed by atoms with Crippen LogP contribution in [0.25, 0.3) is 0 Å². The number of aliphatic hydroxyl groups excluding tert-OH is 1. The molecule has 0 aliphatic carbocycles.